The lowest BCUT2D eigenvalue weighted by molar-refractivity contribution is 0.0850. The third-order valence-electron chi connectivity index (χ3n) is 2.80. The summed E-state index contributed by atoms with van der Waals surface area (Å²) in [7, 11) is 0. The molecule has 0 spiro atoms. The van der Waals surface area contributed by atoms with Crippen LogP contribution in [-0.2, 0) is 0 Å². The third-order valence-corrected chi connectivity index (χ3v) is 3.99. The van der Waals surface area contributed by atoms with Gasteiger partial charge in [-0.15, -0.1) is 0 Å². The van der Waals surface area contributed by atoms with Crippen LogP contribution in [0.5, 0.6) is 5.75 Å². The molecular formula is C13H9BrO2S. The molecule has 0 N–H and O–H groups in total. The minimum absolute atomic E-state index is 0.137. The van der Waals surface area contributed by atoms with Gasteiger partial charge >= 0.3 is 0 Å². The van der Waals surface area contributed by atoms with Crippen LogP contribution in [0.25, 0.3) is 0 Å². The first kappa shape index (κ1) is 11.0. The van der Waals surface area contributed by atoms with E-state index in [9.17, 15) is 4.79 Å². The summed E-state index contributed by atoms with van der Waals surface area (Å²) in [6, 6.07) is 7.56. The molecule has 2 heterocycles. The van der Waals surface area contributed by atoms with Gasteiger partial charge in [-0.05, 0) is 35.0 Å². The van der Waals surface area contributed by atoms with Gasteiger partial charge in [0.2, 0.25) is 0 Å². The average Bonchev–Trinajstić information content (AvgIpc) is 2.83. The van der Waals surface area contributed by atoms with Crippen LogP contribution in [0.4, 0.5) is 0 Å². The topological polar surface area (TPSA) is 26.3 Å². The highest BCUT2D eigenvalue weighted by atomic mass is 79.9. The van der Waals surface area contributed by atoms with E-state index in [-0.39, 0.29) is 11.9 Å². The summed E-state index contributed by atoms with van der Waals surface area (Å²) in [5.41, 5.74) is 1.75. The molecule has 1 unspecified atom stereocenters. The Bertz CT molecular complexity index is 563. The summed E-state index contributed by atoms with van der Waals surface area (Å²) in [4.78, 5) is 12.0. The predicted molar refractivity (Wildman–Crippen MR) is 70.8 cm³/mol. The first-order valence-corrected chi connectivity index (χ1v) is 6.99. The van der Waals surface area contributed by atoms with E-state index in [1.807, 2.05) is 35.0 Å². The summed E-state index contributed by atoms with van der Waals surface area (Å²) < 4.78 is 6.77. The van der Waals surface area contributed by atoms with Gasteiger partial charge < -0.3 is 4.74 Å². The second kappa shape index (κ2) is 4.27. The molecule has 1 atom stereocenters. The number of carbonyl (C=O) groups excluding carboxylic acids is 1. The van der Waals surface area contributed by atoms with Crippen LogP contribution in [0.15, 0.2) is 39.5 Å². The molecule has 0 bridgehead atoms. The highest BCUT2D eigenvalue weighted by Gasteiger charge is 2.27. The molecule has 2 aromatic rings. The minimum atomic E-state index is -0.137. The third kappa shape index (κ3) is 2.03. The van der Waals surface area contributed by atoms with Crippen LogP contribution in [0.2, 0.25) is 0 Å². The number of benzene rings is 1. The Labute approximate surface area is 111 Å². The van der Waals surface area contributed by atoms with Crippen molar-refractivity contribution in [2.45, 2.75) is 12.5 Å². The molecule has 0 fully saturated rings. The second-order valence-corrected chi connectivity index (χ2v) is 5.63. The molecule has 1 aliphatic rings. The molecule has 1 aliphatic heterocycles. The Balaban J connectivity index is 1.99. The van der Waals surface area contributed by atoms with Crippen molar-refractivity contribution in [3.63, 3.8) is 0 Å². The second-order valence-electron chi connectivity index (χ2n) is 3.93. The fraction of sp³-hybridized carbons (Fsp3) is 0.154. The van der Waals surface area contributed by atoms with E-state index in [1.54, 1.807) is 11.3 Å². The van der Waals surface area contributed by atoms with Crippen LogP contribution in [0.3, 0.4) is 0 Å². The average molecular weight is 309 g/mol. The first-order chi connectivity index (χ1) is 8.24. The van der Waals surface area contributed by atoms with Crippen molar-refractivity contribution in [3.8, 4) is 5.75 Å². The quantitative estimate of drug-likeness (QED) is 0.788. The van der Waals surface area contributed by atoms with Crippen molar-refractivity contribution >= 4 is 33.0 Å². The number of rotatable bonds is 1. The number of Topliss-reactive ketones (excluding diaryl/α,β-unsaturated/α-hetero) is 1. The van der Waals surface area contributed by atoms with Crippen LogP contribution >= 0.6 is 27.3 Å². The van der Waals surface area contributed by atoms with E-state index in [0.29, 0.717) is 17.7 Å². The Hall–Kier alpha value is -1.13. The van der Waals surface area contributed by atoms with Gasteiger partial charge in [0.15, 0.2) is 5.78 Å². The largest absolute Gasteiger partial charge is 0.484 e. The van der Waals surface area contributed by atoms with Gasteiger partial charge in [0, 0.05) is 10.0 Å². The molecule has 0 saturated heterocycles. The van der Waals surface area contributed by atoms with Crippen LogP contribution < -0.4 is 4.74 Å². The Kier molecular flexibility index (Phi) is 2.76. The maximum Gasteiger partial charge on any atom is 0.170 e. The Morgan fingerprint density at radius 3 is 3.00 bits per heavy atom. The van der Waals surface area contributed by atoms with E-state index < -0.39 is 0 Å². The maximum atomic E-state index is 12.0. The van der Waals surface area contributed by atoms with Gasteiger partial charge in [-0.2, -0.15) is 11.3 Å². The van der Waals surface area contributed by atoms with E-state index in [0.717, 1.165) is 10.0 Å². The summed E-state index contributed by atoms with van der Waals surface area (Å²) in [6.07, 6.45) is 0.280. The van der Waals surface area contributed by atoms with Gasteiger partial charge in [0.1, 0.15) is 11.9 Å². The fourth-order valence-corrected chi connectivity index (χ4v) is 3.00. The number of fused-ring (bicyclic) bond motifs is 1. The van der Waals surface area contributed by atoms with Crippen LogP contribution in [0.1, 0.15) is 28.4 Å². The molecule has 1 aromatic carbocycles. The van der Waals surface area contributed by atoms with E-state index in [4.69, 9.17) is 4.74 Å². The van der Waals surface area contributed by atoms with Gasteiger partial charge in [0.25, 0.3) is 0 Å². The maximum absolute atomic E-state index is 12.0. The molecule has 4 heteroatoms. The van der Waals surface area contributed by atoms with Crippen molar-refractivity contribution in [2.24, 2.45) is 0 Å². The van der Waals surface area contributed by atoms with Gasteiger partial charge in [-0.3, -0.25) is 4.79 Å². The molecule has 0 aliphatic carbocycles. The highest BCUT2D eigenvalue weighted by molar-refractivity contribution is 9.10. The van der Waals surface area contributed by atoms with Gasteiger partial charge in [0.05, 0.1) is 12.0 Å². The molecule has 0 saturated carbocycles. The lowest BCUT2D eigenvalue weighted by Crippen LogP contribution is -2.19. The number of thiophene rings is 1. The molecule has 0 amide bonds. The zero-order valence-corrected chi connectivity index (χ0v) is 11.3. The number of halogens is 1. The highest BCUT2D eigenvalue weighted by Crippen LogP contribution is 2.36. The normalized spacial score (nSPS) is 18.6. The summed E-state index contributed by atoms with van der Waals surface area (Å²) in [6.45, 7) is 0. The molecule has 1 aromatic heterocycles. The zero-order chi connectivity index (χ0) is 11.8. The SMILES string of the molecule is O=C1CC(c2ccsc2)Oc2ccc(Br)cc21. The van der Waals surface area contributed by atoms with Crippen molar-refractivity contribution in [3.05, 3.63) is 50.6 Å². The fourth-order valence-electron chi connectivity index (χ4n) is 1.94. The van der Waals surface area contributed by atoms with Crippen molar-refractivity contribution in [1.29, 1.82) is 0 Å². The number of hydrogen-bond acceptors (Lipinski definition) is 3. The monoisotopic (exact) mass is 308 g/mol. The Morgan fingerprint density at radius 2 is 2.24 bits per heavy atom. The van der Waals surface area contributed by atoms with E-state index >= 15 is 0 Å². The van der Waals surface area contributed by atoms with E-state index in [2.05, 4.69) is 15.9 Å². The molecule has 86 valence electrons. The van der Waals surface area contributed by atoms with Crippen LogP contribution in [-0.4, -0.2) is 5.78 Å². The summed E-state index contributed by atoms with van der Waals surface area (Å²) >= 11 is 4.99. The zero-order valence-electron chi connectivity index (χ0n) is 8.85. The number of hydrogen-bond donors (Lipinski definition) is 0. The molecule has 2 nitrogen and oxygen atoms in total. The molecular weight excluding hydrogens is 300 g/mol. The number of ether oxygens (including phenoxy) is 1. The number of ketones is 1. The molecule has 3 rings (SSSR count). The predicted octanol–water partition coefficient (Wildman–Crippen LogP) is 4.22. The lowest BCUT2D eigenvalue weighted by atomic mass is 9.98. The van der Waals surface area contributed by atoms with Crippen LogP contribution in [0, 0.1) is 0 Å². The molecule has 17 heavy (non-hydrogen) atoms. The van der Waals surface area contributed by atoms with Crippen molar-refractivity contribution in [1.82, 2.24) is 0 Å². The minimum Gasteiger partial charge on any atom is -0.484 e. The van der Waals surface area contributed by atoms with E-state index in [1.165, 1.54) is 0 Å². The lowest BCUT2D eigenvalue weighted by Gasteiger charge is -2.24. The van der Waals surface area contributed by atoms with Gasteiger partial charge in [-0.1, -0.05) is 15.9 Å². The van der Waals surface area contributed by atoms with Gasteiger partial charge in [-0.25, -0.2) is 0 Å². The number of carbonyl (C=O) groups is 1. The smallest absolute Gasteiger partial charge is 0.170 e. The van der Waals surface area contributed by atoms with Crippen molar-refractivity contribution < 1.29 is 9.53 Å². The molecule has 0 radical (unpaired) electrons. The van der Waals surface area contributed by atoms with Crippen molar-refractivity contribution in [2.75, 3.05) is 0 Å². The standard InChI is InChI=1S/C13H9BrO2S/c14-9-1-2-12-10(5-9)11(15)6-13(16-12)8-3-4-17-7-8/h1-5,7,13H,6H2. The Morgan fingerprint density at radius 1 is 1.35 bits per heavy atom. The first-order valence-electron chi connectivity index (χ1n) is 5.25. The summed E-state index contributed by atoms with van der Waals surface area (Å²) in [5, 5.41) is 4.03. The summed E-state index contributed by atoms with van der Waals surface area (Å²) in [5.74, 6) is 0.824.